The zero-order valence-electron chi connectivity index (χ0n) is 9.56. The summed E-state index contributed by atoms with van der Waals surface area (Å²) in [6.07, 6.45) is 5.64. The maximum absolute atomic E-state index is 12.9. The highest BCUT2D eigenvalue weighted by Crippen LogP contribution is 2.19. The molecule has 90 valence electrons. The number of halogens is 1. The summed E-state index contributed by atoms with van der Waals surface area (Å²) in [5.74, 6) is -0.299. The lowest BCUT2D eigenvalue weighted by molar-refractivity contribution is 0.514. The molecule has 5 heteroatoms. The fraction of sp³-hybridized carbons (Fsp3) is 0.333. The molecule has 0 amide bonds. The minimum Gasteiger partial charge on any atom is -0.304 e. The number of thiazole rings is 1. The van der Waals surface area contributed by atoms with Crippen LogP contribution < -0.4 is 5.32 Å². The SMILES string of the molecule is CCC(NCc1cncc(F)c1)c1nccs1. The Kier molecular flexibility index (Phi) is 4.17. The Morgan fingerprint density at radius 2 is 2.35 bits per heavy atom. The molecule has 2 aromatic heterocycles. The van der Waals surface area contributed by atoms with Gasteiger partial charge in [0.2, 0.25) is 0 Å². The van der Waals surface area contributed by atoms with Crippen molar-refractivity contribution in [3.05, 3.63) is 46.4 Å². The molecule has 0 aromatic carbocycles. The zero-order chi connectivity index (χ0) is 12.1. The molecule has 2 rings (SSSR count). The first-order chi connectivity index (χ1) is 8.29. The normalized spacial score (nSPS) is 12.6. The van der Waals surface area contributed by atoms with E-state index in [0.717, 1.165) is 17.0 Å². The lowest BCUT2D eigenvalue weighted by Gasteiger charge is -2.14. The molecule has 3 nitrogen and oxygen atoms in total. The van der Waals surface area contributed by atoms with E-state index in [2.05, 4.69) is 22.2 Å². The molecule has 0 bridgehead atoms. The third-order valence-electron chi connectivity index (χ3n) is 2.47. The topological polar surface area (TPSA) is 37.8 Å². The van der Waals surface area contributed by atoms with E-state index in [-0.39, 0.29) is 11.9 Å². The molecule has 0 aliphatic rings. The Bertz CT molecular complexity index is 459. The summed E-state index contributed by atoms with van der Waals surface area (Å²) in [5, 5.41) is 6.38. The molecule has 2 aromatic rings. The predicted molar refractivity (Wildman–Crippen MR) is 66.2 cm³/mol. The summed E-state index contributed by atoms with van der Waals surface area (Å²) in [5.41, 5.74) is 0.847. The molecule has 0 saturated carbocycles. The van der Waals surface area contributed by atoms with E-state index in [1.54, 1.807) is 23.7 Å². The van der Waals surface area contributed by atoms with E-state index in [9.17, 15) is 4.39 Å². The number of hydrogen-bond acceptors (Lipinski definition) is 4. The Morgan fingerprint density at radius 1 is 1.47 bits per heavy atom. The van der Waals surface area contributed by atoms with Crippen molar-refractivity contribution in [3.63, 3.8) is 0 Å². The lowest BCUT2D eigenvalue weighted by atomic mass is 10.2. The van der Waals surface area contributed by atoms with Crippen molar-refractivity contribution >= 4 is 11.3 Å². The Labute approximate surface area is 104 Å². The van der Waals surface area contributed by atoms with Crippen LogP contribution in [0.4, 0.5) is 4.39 Å². The Morgan fingerprint density at radius 3 is 3.00 bits per heavy atom. The van der Waals surface area contributed by atoms with Gasteiger partial charge in [-0.05, 0) is 18.1 Å². The Hall–Kier alpha value is -1.33. The number of aromatic nitrogens is 2. The van der Waals surface area contributed by atoms with Gasteiger partial charge in [0.15, 0.2) is 0 Å². The predicted octanol–water partition coefficient (Wildman–Crippen LogP) is 2.92. The minimum absolute atomic E-state index is 0.221. The molecule has 0 fully saturated rings. The van der Waals surface area contributed by atoms with Crippen molar-refractivity contribution in [1.29, 1.82) is 0 Å². The van der Waals surface area contributed by atoms with Crippen LogP contribution in [0, 0.1) is 5.82 Å². The molecule has 0 aliphatic heterocycles. The summed E-state index contributed by atoms with van der Waals surface area (Å²) >= 11 is 1.63. The first-order valence-electron chi connectivity index (χ1n) is 5.51. The van der Waals surface area contributed by atoms with Gasteiger partial charge < -0.3 is 5.32 Å². The second kappa shape index (κ2) is 5.84. The monoisotopic (exact) mass is 251 g/mol. The summed E-state index contributed by atoms with van der Waals surface area (Å²) in [7, 11) is 0. The van der Waals surface area contributed by atoms with Gasteiger partial charge in [-0.1, -0.05) is 6.92 Å². The van der Waals surface area contributed by atoms with Gasteiger partial charge in [-0.3, -0.25) is 4.98 Å². The van der Waals surface area contributed by atoms with Crippen molar-refractivity contribution in [1.82, 2.24) is 15.3 Å². The van der Waals surface area contributed by atoms with Crippen LogP contribution >= 0.6 is 11.3 Å². The van der Waals surface area contributed by atoms with Gasteiger partial charge in [0.25, 0.3) is 0 Å². The molecule has 0 radical (unpaired) electrons. The summed E-state index contributed by atoms with van der Waals surface area (Å²) < 4.78 is 12.9. The van der Waals surface area contributed by atoms with Crippen molar-refractivity contribution in [3.8, 4) is 0 Å². The van der Waals surface area contributed by atoms with Crippen LogP contribution in [-0.2, 0) is 6.54 Å². The second-order valence-corrected chi connectivity index (χ2v) is 4.65. The van der Waals surface area contributed by atoms with Gasteiger partial charge in [-0.2, -0.15) is 0 Å². The number of rotatable bonds is 5. The number of hydrogen-bond donors (Lipinski definition) is 1. The molecule has 1 atom stereocenters. The molecule has 2 heterocycles. The van der Waals surface area contributed by atoms with Crippen LogP contribution in [0.15, 0.2) is 30.0 Å². The third-order valence-corrected chi connectivity index (χ3v) is 3.36. The standard InChI is InChI=1S/C12H14FN3S/c1-2-11(12-15-3-4-17-12)16-7-9-5-10(13)8-14-6-9/h3-6,8,11,16H,2,7H2,1H3. The van der Waals surface area contributed by atoms with Crippen LogP contribution in [0.2, 0.25) is 0 Å². The lowest BCUT2D eigenvalue weighted by Crippen LogP contribution is -2.20. The molecule has 1 N–H and O–H groups in total. The molecular weight excluding hydrogens is 237 g/mol. The van der Waals surface area contributed by atoms with Gasteiger partial charge in [-0.25, -0.2) is 9.37 Å². The van der Waals surface area contributed by atoms with Crippen molar-refractivity contribution in [2.24, 2.45) is 0 Å². The fourth-order valence-corrected chi connectivity index (χ4v) is 2.40. The van der Waals surface area contributed by atoms with Gasteiger partial charge in [0, 0.05) is 24.3 Å². The van der Waals surface area contributed by atoms with E-state index in [1.165, 1.54) is 12.3 Å². The molecule has 0 saturated heterocycles. The largest absolute Gasteiger partial charge is 0.304 e. The molecule has 1 unspecified atom stereocenters. The van der Waals surface area contributed by atoms with E-state index >= 15 is 0 Å². The zero-order valence-corrected chi connectivity index (χ0v) is 10.4. The molecule has 0 spiro atoms. The quantitative estimate of drug-likeness (QED) is 0.888. The highest BCUT2D eigenvalue weighted by atomic mass is 32.1. The molecule has 17 heavy (non-hydrogen) atoms. The third kappa shape index (κ3) is 3.31. The van der Waals surface area contributed by atoms with E-state index in [0.29, 0.717) is 6.54 Å². The number of nitrogens with zero attached hydrogens (tertiary/aromatic N) is 2. The smallest absolute Gasteiger partial charge is 0.141 e. The fourth-order valence-electron chi connectivity index (χ4n) is 1.61. The summed E-state index contributed by atoms with van der Waals surface area (Å²) in [4.78, 5) is 8.11. The van der Waals surface area contributed by atoms with E-state index in [1.807, 2.05) is 5.38 Å². The average molecular weight is 251 g/mol. The maximum atomic E-state index is 12.9. The van der Waals surface area contributed by atoms with E-state index in [4.69, 9.17) is 0 Å². The average Bonchev–Trinajstić information content (AvgIpc) is 2.84. The maximum Gasteiger partial charge on any atom is 0.141 e. The summed E-state index contributed by atoms with van der Waals surface area (Å²) in [6.45, 7) is 2.70. The first-order valence-corrected chi connectivity index (χ1v) is 6.39. The van der Waals surface area contributed by atoms with Crippen LogP contribution in [-0.4, -0.2) is 9.97 Å². The van der Waals surface area contributed by atoms with Crippen molar-refractivity contribution in [2.45, 2.75) is 25.9 Å². The van der Waals surface area contributed by atoms with Crippen molar-refractivity contribution in [2.75, 3.05) is 0 Å². The van der Waals surface area contributed by atoms with Crippen LogP contribution in [0.1, 0.15) is 30.0 Å². The minimum atomic E-state index is -0.299. The van der Waals surface area contributed by atoms with Gasteiger partial charge in [0.1, 0.15) is 10.8 Å². The highest BCUT2D eigenvalue weighted by Gasteiger charge is 2.11. The van der Waals surface area contributed by atoms with Crippen LogP contribution in [0.3, 0.4) is 0 Å². The number of pyridine rings is 1. The highest BCUT2D eigenvalue weighted by molar-refractivity contribution is 7.09. The first kappa shape index (κ1) is 12.1. The summed E-state index contributed by atoms with van der Waals surface area (Å²) in [6, 6.07) is 1.72. The Balaban J connectivity index is 1.97. The van der Waals surface area contributed by atoms with Crippen LogP contribution in [0.25, 0.3) is 0 Å². The van der Waals surface area contributed by atoms with Gasteiger partial charge in [0.05, 0.1) is 12.2 Å². The number of nitrogens with one attached hydrogen (secondary N) is 1. The van der Waals surface area contributed by atoms with Crippen LogP contribution in [0.5, 0.6) is 0 Å². The molecular formula is C12H14FN3S. The van der Waals surface area contributed by atoms with E-state index < -0.39 is 0 Å². The van der Waals surface area contributed by atoms with Gasteiger partial charge in [-0.15, -0.1) is 11.3 Å². The van der Waals surface area contributed by atoms with Crippen molar-refractivity contribution < 1.29 is 4.39 Å². The van der Waals surface area contributed by atoms with Gasteiger partial charge >= 0.3 is 0 Å². The molecule has 0 aliphatic carbocycles. The second-order valence-electron chi connectivity index (χ2n) is 3.72.